The van der Waals surface area contributed by atoms with Crippen LogP contribution in [0.1, 0.15) is 316 Å². The second kappa shape index (κ2) is 59.8. The van der Waals surface area contributed by atoms with E-state index < -0.39 is 49.5 Å². The molecule has 0 aromatic heterocycles. The van der Waals surface area contributed by atoms with Gasteiger partial charge in [-0.15, -0.1) is 0 Å². The van der Waals surface area contributed by atoms with Gasteiger partial charge in [-0.05, 0) is 64.2 Å². The number of hydrogen-bond donors (Lipinski definition) is 6. The van der Waals surface area contributed by atoms with Gasteiger partial charge in [-0.2, -0.15) is 0 Å². The quantitative estimate of drug-likeness (QED) is 0.0261. The number of amides is 1. The first-order valence-electron chi connectivity index (χ1n) is 34.2. The molecule has 0 aliphatic carbocycles. The molecule has 0 aromatic carbocycles. The Morgan fingerprint density at radius 2 is 0.775 bits per heavy atom. The van der Waals surface area contributed by atoms with Crippen molar-refractivity contribution in [2.45, 2.75) is 358 Å². The molecule has 6 N–H and O–H groups in total. The normalized spacial score (nSPS) is 18.9. The summed E-state index contributed by atoms with van der Waals surface area (Å²) in [5.74, 6) is -0.172. The third-order valence-corrected chi connectivity index (χ3v) is 16.0. The Bertz CT molecular complexity index is 1490. The average molecular weight is 1120 g/mol. The van der Waals surface area contributed by atoms with Crippen LogP contribution >= 0.6 is 0 Å². The highest BCUT2D eigenvalue weighted by Gasteiger charge is 2.44. The van der Waals surface area contributed by atoms with E-state index in [0.29, 0.717) is 6.42 Å². The van der Waals surface area contributed by atoms with Crippen molar-refractivity contribution in [3.63, 3.8) is 0 Å². The number of carbonyl (C=O) groups excluding carboxylic acids is 1. The van der Waals surface area contributed by atoms with E-state index in [1.54, 1.807) is 6.08 Å². The van der Waals surface area contributed by atoms with Gasteiger partial charge in [0.05, 0.1) is 25.4 Å². The fourth-order valence-electron chi connectivity index (χ4n) is 10.7. The van der Waals surface area contributed by atoms with Crippen LogP contribution in [0.15, 0.2) is 72.9 Å². The van der Waals surface area contributed by atoms with Crippen molar-refractivity contribution in [2.75, 3.05) is 13.2 Å². The summed E-state index contributed by atoms with van der Waals surface area (Å²) in [6, 6.07) is -0.805. The first kappa shape index (κ1) is 75.6. The van der Waals surface area contributed by atoms with Gasteiger partial charge in [0.15, 0.2) is 6.29 Å². The smallest absolute Gasteiger partial charge is 0.220 e. The molecule has 1 fully saturated rings. The number of allylic oxidation sites excluding steroid dienone is 11. The second-order valence-electron chi connectivity index (χ2n) is 23.6. The summed E-state index contributed by atoms with van der Waals surface area (Å²) in [5.41, 5.74) is 0. The zero-order valence-electron chi connectivity index (χ0n) is 52.1. The Morgan fingerprint density at radius 1 is 0.438 bits per heavy atom. The monoisotopic (exact) mass is 1120 g/mol. The molecule has 1 rings (SSSR count). The fourth-order valence-corrected chi connectivity index (χ4v) is 10.7. The maximum Gasteiger partial charge on any atom is 0.220 e. The van der Waals surface area contributed by atoms with Gasteiger partial charge in [0, 0.05) is 6.42 Å². The van der Waals surface area contributed by atoms with E-state index in [-0.39, 0.29) is 12.5 Å². The summed E-state index contributed by atoms with van der Waals surface area (Å²) in [6.45, 7) is 3.69. The van der Waals surface area contributed by atoms with Crippen LogP contribution < -0.4 is 5.32 Å². The van der Waals surface area contributed by atoms with Gasteiger partial charge in [0.25, 0.3) is 0 Å². The molecule has 466 valence electrons. The van der Waals surface area contributed by atoms with Crippen molar-refractivity contribution in [1.82, 2.24) is 5.32 Å². The van der Waals surface area contributed by atoms with Gasteiger partial charge in [-0.1, -0.05) is 318 Å². The van der Waals surface area contributed by atoms with Crippen molar-refractivity contribution >= 4 is 5.91 Å². The summed E-state index contributed by atoms with van der Waals surface area (Å²) >= 11 is 0. The lowest BCUT2D eigenvalue weighted by atomic mass is 9.99. The van der Waals surface area contributed by atoms with E-state index in [1.165, 1.54) is 225 Å². The minimum atomic E-state index is -1.57. The predicted molar refractivity (Wildman–Crippen MR) is 341 cm³/mol. The summed E-state index contributed by atoms with van der Waals surface area (Å²) in [6.07, 6.45) is 77.3. The van der Waals surface area contributed by atoms with Gasteiger partial charge < -0.3 is 40.3 Å². The van der Waals surface area contributed by atoms with E-state index in [9.17, 15) is 30.3 Å². The van der Waals surface area contributed by atoms with Gasteiger partial charge in [-0.3, -0.25) is 4.79 Å². The number of nitrogens with one attached hydrogen (secondary N) is 1. The van der Waals surface area contributed by atoms with Crippen LogP contribution in [0, 0.1) is 0 Å². The Balaban J connectivity index is 2.04. The summed E-state index contributed by atoms with van der Waals surface area (Å²) in [4.78, 5) is 13.1. The highest BCUT2D eigenvalue weighted by atomic mass is 16.7. The molecule has 7 unspecified atom stereocenters. The van der Waals surface area contributed by atoms with Crippen LogP contribution in [0.5, 0.6) is 0 Å². The minimum absolute atomic E-state index is 0.172. The Morgan fingerprint density at radius 3 is 1.15 bits per heavy atom. The zero-order valence-corrected chi connectivity index (χ0v) is 52.1. The molecule has 9 nitrogen and oxygen atoms in total. The molecule has 0 radical (unpaired) electrons. The van der Waals surface area contributed by atoms with Gasteiger partial charge in [0.2, 0.25) is 5.91 Å². The topological polar surface area (TPSA) is 149 Å². The molecule has 1 aliphatic heterocycles. The van der Waals surface area contributed by atoms with Crippen molar-refractivity contribution < 1.29 is 39.8 Å². The molecule has 1 aliphatic rings. The molecule has 0 aromatic rings. The highest BCUT2D eigenvalue weighted by molar-refractivity contribution is 5.76. The molecular weight excluding hydrogens is 995 g/mol. The van der Waals surface area contributed by atoms with Crippen molar-refractivity contribution in [3.8, 4) is 0 Å². The van der Waals surface area contributed by atoms with Crippen LogP contribution in [-0.2, 0) is 14.3 Å². The van der Waals surface area contributed by atoms with Crippen LogP contribution in [0.4, 0.5) is 0 Å². The number of aliphatic hydroxyl groups is 5. The summed E-state index contributed by atoms with van der Waals surface area (Å²) in [5, 5.41) is 54.6. The summed E-state index contributed by atoms with van der Waals surface area (Å²) in [7, 11) is 0. The molecule has 0 saturated carbocycles. The molecular formula is C71H129NO8. The average Bonchev–Trinajstić information content (AvgIpc) is 3.46. The van der Waals surface area contributed by atoms with Crippen molar-refractivity contribution in [1.29, 1.82) is 0 Å². The molecule has 1 heterocycles. The Kier molecular flexibility index (Phi) is 56.5. The number of hydrogen-bond acceptors (Lipinski definition) is 8. The number of carbonyl (C=O) groups is 1. The molecule has 7 atom stereocenters. The van der Waals surface area contributed by atoms with Gasteiger partial charge >= 0.3 is 0 Å². The maximum absolute atomic E-state index is 13.1. The molecule has 1 saturated heterocycles. The highest BCUT2D eigenvalue weighted by Crippen LogP contribution is 2.23. The first-order chi connectivity index (χ1) is 39.3. The van der Waals surface area contributed by atoms with Crippen LogP contribution in [-0.4, -0.2) is 87.5 Å². The number of unbranched alkanes of at least 4 members (excludes halogenated alkanes) is 39. The number of aliphatic hydroxyl groups excluding tert-OH is 5. The maximum atomic E-state index is 13.1. The standard InChI is InChI=1S/C71H129NO8/c1-3-5-7-9-11-13-15-17-19-21-22-23-24-25-26-27-28-29-30-31-32-33-34-35-36-37-38-39-40-41-42-43-44-45-47-49-51-53-55-57-59-61-67(75)72-64(63-79-71-70(78)69(77)68(76)66(62-73)80-71)65(74)60-58-56-54-52-50-48-46-20-18-16-14-12-10-8-6-4-2/h5,7,11,13,17,19,22-23,25-26,58,60,64-66,68-71,73-74,76-78H,3-4,6,8-10,12,14-16,18,20-21,24,27-57,59,61-63H2,1-2H3,(H,72,75)/b7-5-,13-11-,19-17-,23-22-,26-25-,60-58+. The molecule has 0 bridgehead atoms. The zero-order chi connectivity index (χ0) is 57.9. The third kappa shape index (κ3) is 48.0. The van der Waals surface area contributed by atoms with E-state index in [1.807, 2.05) is 6.08 Å². The lowest BCUT2D eigenvalue weighted by molar-refractivity contribution is -0.302. The lowest BCUT2D eigenvalue weighted by Crippen LogP contribution is -2.60. The third-order valence-electron chi connectivity index (χ3n) is 16.0. The largest absolute Gasteiger partial charge is 0.394 e. The van der Waals surface area contributed by atoms with Gasteiger partial charge in [0.1, 0.15) is 24.4 Å². The summed E-state index contributed by atoms with van der Waals surface area (Å²) < 4.78 is 11.3. The lowest BCUT2D eigenvalue weighted by Gasteiger charge is -2.40. The van der Waals surface area contributed by atoms with E-state index in [2.05, 4.69) is 79.9 Å². The predicted octanol–water partition coefficient (Wildman–Crippen LogP) is 18.4. The van der Waals surface area contributed by atoms with Gasteiger partial charge in [-0.25, -0.2) is 0 Å². The SMILES string of the molecule is CC/C=C\C/C=C\C/C=C\C/C=C\C/C=C\CCCCCCCCCCCCCCCCCCCCCCCCCCCC(=O)NC(COC1OC(CO)C(O)C(O)C1O)C(O)/C=C/CCCCCCCCCCCCCCCC. The molecule has 0 spiro atoms. The minimum Gasteiger partial charge on any atom is -0.394 e. The van der Waals surface area contributed by atoms with Crippen LogP contribution in [0.3, 0.4) is 0 Å². The Labute approximate surface area is 493 Å². The van der Waals surface area contributed by atoms with E-state index in [0.717, 1.165) is 70.6 Å². The van der Waals surface area contributed by atoms with Crippen LogP contribution in [0.2, 0.25) is 0 Å². The number of rotatable bonds is 59. The molecule has 9 heteroatoms. The second-order valence-corrected chi connectivity index (χ2v) is 23.6. The molecule has 80 heavy (non-hydrogen) atoms. The van der Waals surface area contributed by atoms with E-state index >= 15 is 0 Å². The number of ether oxygens (including phenoxy) is 2. The van der Waals surface area contributed by atoms with Crippen molar-refractivity contribution in [3.05, 3.63) is 72.9 Å². The Hall–Kier alpha value is -2.37. The first-order valence-corrected chi connectivity index (χ1v) is 34.2. The molecule has 1 amide bonds. The van der Waals surface area contributed by atoms with E-state index in [4.69, 9.17) is 9.47 Å². The van der Waals surface area contributed by atoms with Crippen LogP contribution in [0.25, 0.3) is 0 Å². The van der Waals surface area contributed by atoms with Crippen molar-refractivity contribution in [2.24, 2.45) is 0 Å². The fraction of sp³-hybridized carbons (Fsp3) is 0.817.